The largest absolute Gasteiger partial charge is 0.393 e. The lowest BCUT2D eigenvalue weighted by Gasteiger charge is -2.47. The molecule has 0 bridgehead atoms. The van der Waals surface area contributed by atoms with E-state index in [1.165, 1.54) is 29.6 Å². The van der Waals surface area contributed by atoms with E-state index < -0.39 is 5.60 Å². The zero-order valence-electron chi connectivity index (χ0n) is 19.7. The SMILES string of the molecule is C=C1CC[C@@H](O)C/C1=C/C=C1\CCC[C@@]2(C)[C@H]1CC[C@@H]2[C@](C)(O)CCC(O)C(C)C. The molecule has 0 heterocycles. The molecule has 0 aromatic heterocycles. The zero-order chi connectivity index (χ0) is 22.1. The summed E-state index contributed by atoms with van der Waals surface area (Å²) in [6, 6.07) is 0. The highest BCUT2D eigenvalue weighted by atomic mass is 16.3. The molecule has 1 unspecified atom stereocenters. The highest BCUT2D eigenvalue weighted by Gasteiger charge is 2.54. The van der Waals surface area contributed by atoms with E-state index in [2.05, 4.69) is 25.7 Å². The van der Waals surface area contributed by atoms with Gasteiger partial charge in [0.2, 0.25) is 0 Å². The fourth-order valence-electron chi connectivity index (χ4n) is 6.60. The summed E-state index contributed by atoms with van der Waals surface area (Å²) in [5.74, 6) is 1.03. The summed E-state index contributed by atoms with van der Waals surface area (Å²) in [4.78, 5) is 0. The summed E-state index contributed by atoms with van der Waals surface area (Å²) in [6.45, 7) is 12.7. The Labute approximate surface area is 184 Å². The Morgan fingerprint density at radius 2 is 1.93 bits per heavy atom. The first-order valence-corrected chi connectivity index (χ1v) is 12.2. The van der Waals surface area contributed by atoms with Crippen molar-refractivity contribution >= 4 is 0 Å². The van der Waals surface area contributed by atoms with Crippen molar-refractivity contribution < 1.29 is 15.3 Å². The molecule has 3 aliphatic rings. The molecule has 0 amide bonds. The number of rotatable bonds is 6. The van der Waals surface area contributed by atoms with Crippen LogP contribution < -0.4 is 0 Å². The molecule has 3 fully saturated rings. The van der Waals surface area contributed by atoms with Gasteiger partial charge in [0.15, 0.2) is 0 Å². The molecule has 0 radical (unpaired) electrons. The van der Waals surface area contributed by atoms with Gasteiger partial charge in [-0.3, -0.25) is 0 Å². The Balaban J connectivity index is 1.75. The minimum atomic E-state index is -0.734. The average Bonchev–Trinajstić information content (AvgIpc) is 3.05. The fraction of sp³-hybridized carbons (Fsp3) is 0.778. The van der Waals surface area contributed by atoms with Gasteiger partial charge in [0.1, 0.15) is 0 Å². The third-order valence-corrected chi connectivity index (χ3v) is 8.62. The number of hydrogen-bond acceptors (Lipinski definition) is 3. The first-order chi connectivity index (χ1) is 14.0. The van der Waals surface area contributed by atoms with E-state index in [4.69, 9.17) is 0 Å². The summed E-state index contributed by atoms with van der Waals surface area (Å²) in [5, 5.41) is 31.7. The molecule has 170 valence electrons. The van der Waals surface area contributed by atoms with Gasteiger partial charge in [0.25, 0.3) is 0 Å². The van der Waals surface area contributed by atoms with Crippen LogP contribution in [0, 0.1) is 23.2 Å². The molecule has 3 N–H and O–H groups in total. The molecule has 3 heteroatoms. The van der Waals surface area contributed by atoms with Crippen molar-refractivity contribution in [3.05, 3.63) is 35.5 Å². The maximum atomic E-state index is 11.5. The van der Waals surface area contributed by atoms with E-state index in [9.17, 15) is 15.3 Å². The van der Waals surface area contributed by atoms with Gasteiger partial charge in [0, 0.05) is 0 Å². The lowest BCUT2D eigenvalue weighted by molar-refractivity contribution is -0.0722. The van der Waals surface area contributed by atoms with E-state index in [1.54, 1.807) is 0 Å². The number of allylic oxidation sites excluding steroid dienone is 4. The predicted molar refractivity (Wildman–Crippen MR) is 124 cm³/mol. The summed E-state index contributed by atoms with van der Waals surface area (Å²) >= 11 is 0. The second-order valence-corrected chi connectivity index (χ2v) is 11.2. The Hall–Kier alpha value is -0.900. The van der Waals surface area contributed by atoms with Crippen molar-refractivity contribution in [2.24, 2.45) is 23.2 Å². The van der Waals surface area contributed by atoms with E-state index in [0.717, 1.165) is 38.5 Å². The Bertz CT molecular complexity index is 686. The van der Waals surface area contributed by atoms with Gasteiger partial charge in [0.05, 0.1) is 17.8 Å². The van der Waals surface area contributed by atoms with Crippen LogP contribution in [0.15, 0.2) is 35.5 Å². The van der Waals surface area contributed by atoms with Crippen molar-refractivity contribution in [2.75, 3.05) is 0 Å². The zero-order valence-corrected chi connectivity index (χ0v) is 19.7. The van der Waals surface area contributed by atoms with Crippen molar-refractivity contribution in [3.63, 3.8) is 0 Å². The molecule has 0 aliphatic heterocycles. The highest BCUT2D eigenvalue weighted by molar-refractivity contribution is 5.36. The molecule has 0 aromatic carbocycles. The lowest BCUT2D eigenvalue weighted by Crippen LogP contribution is -2.45. The number of aliphatic hydroxyl groups excluding tert-OH is 2. The Morgan fingerprint density at radius 3 is 2.63 bits per heavy atom. The van der Waals surface area contributed by atoms with Gasteiger partial charge in [-0.25, -0.2) is 0 Å². The van der Waals surface area contributed by atoms with E-state index in [0.29, 0.717) is 18.8 Å². The normalized spacial score (nSPS) is 38.1. The predicted octanol–water partition coefficient (Wildman–Crippen LogP) is 5.70. The van der Waals surface area contributed by atoms with Crippen LogP contribution in [0.5, 0.6) is 0 Å². The third kappa shape index (κ3) is 4.95. The van der Waals surface area contributed by atoms with Gasteiger partial charge in [-0.1, -0.05) is 50.6 Å². The highest BCUT2D eigenvalue weighted by Crippen LogP contribution is 2.60. The smallest absolute Gasteiger partial charge is 0.0654 e. The van der Waals surface area contributed by atoms with Crippen LogP contribution in [0.3, 0.4) is 0 Å². The van der Waals surface area contributed by atoms with Gasteiger partial charge >= 0.3 is 0 Å². The van der Waals surface area contributed by atoms with Crippen LogP contribution in [0.25, 0.3) is 0 Å². The molecule has 0 aromatic rings. The van der Waals surface area contributed by atoms with Crippen molar-refractivity contribution in [3.8, 4) is 0 Å². The quantitative estimate of drug-likeness (QED) is 0.520. The van der Waals surface area contributed by atoms with Crippen molar-refractivity contribution in [2.45, 2.75) is 110 Å². The molecule has 3 aliphatic carbocycles. The summed E-state index contributed by atoms with van der Waals surface area (Å²) < 4.78 is 0. The molecular formula is C27H44O3. The molecule has 3 nitrogen and oxygen atoms in total. The first-order valence-electron chi connectivity index (χ1n) is 12.2. The van der Waals surface area contributed by atoms with Crippen LogP contribution >= 0.6 is 0 Å². The van der Waals surface area contributed by atoms with Crippen LogP contribution in [0.1, 0.15) is 91.9 Å². The minimum Gasteiger partial charge on any atom is -0.393 e. The van der Waals surface area contributed by atoms with Gasteiger partial charge in [-0.15, -0.1) is 0 Å². The van der Waals surface area contributed by atoms with Crippen LogP contribution in [-0.2, 0) is 0 Å². The molecular weight excluding hydrogens is 372 g/mol. The second-order valence-electron chi connectivity index (χ2n) is 11.2. The number of aliphatic hydroxyl groups is 3. The fourth-order valence-corrected chi connectivity index (χ4v) is 6.60. The van der Waals surface area contributed by atoms with E-state index >= 15 is 0 Å². The van der Waals surface area contributed by atoms with E-state index in [1.807, 2.05) is 20.8 Å². The molecule has 0 spiro atoms. The lowest BCUT2D eigenvalue weighted by atomic mass is 9.59. The summed E-state index contributed by atoms with van der Waals surface area (Å²) in [7, 11) is 0. The van der Waals surface area contributed by atoms with Gasteiger partial charge in [-0.05, 0) is 99.9 Å². The van der Waals surface area contributed by atoms with Crippen LogP contribution in [0.4, 0.5) is 0 Å². The van der Waals surface area contributed by atoms with Crippen molar-refractivity contribution in [1.29, 1.82) is 0 Å². The second kappa shape index (κ2) is 9.30. The summed E-state index contributed by atoms with van der Waals surface area (Å²) in [5.41, 5.74) is 3.29. The van der Waals surface area contributed by atoms with Crippen molar-refractivity contribution in [1.82, 2.24) is 0 Å². The van der Waals surface area contributed by atoms with Gasteiger partial charge < -0.3 is 15.3 Å². The number of fused-ring (bicyclic) bond motifs is 1. The van der Waals surface area contributed by atoms with Crippen LogP contribution in [-0.4, -0.2) is 33.1 Å². The molecule has 6 atom stereocenters. The Morgan fingerprint density at radius 1 is 1.20 bits per heavy atom. The monoisotopic (exact) mass is 416 g/mol. The average molecular weight is 417 g/mol. The first kappa shape index (κ1) is 23.8. The molecule has 30 heavy (non-hydrogen) atoms. The molecule has 3 saturated carbocycles. The number of hydrogen-bond donors (Lipinski definition) is 3. The maximum Gasteiger partial charge on any atom is 0.0654 e. The standard InChI is InChI=1S/C27H44O3/c1-18(2)24(29)14-16-27(5,30)25-13-12-23-20(7-6-15-26(23,25)4)9-10-21-17-22(28)11-8-19(21)3/h9-10,18,22-25,28-30H,3,6-8,11-17H2,1-2,4-5H3/b20-9+,21-10-/t22-,23+,24?,25+,26+,27-/m1/s1. The van der Waals surface area contributed by atoms with Crippen LogP contribution in [0.2, 0.25) is 0 Å². The summed E-state index contributed by atoms with van der Waals surface area (Å²) in [6.07, 6.45) is 13.4. The third-order valence-electron chi connectivity index (χ3n) is 8.62. The topological polar surface area (TPSA) is 60.7 Å². The molecule has 0 saturated heterocycles. The Kier molecular flexibility index (Phi) is 7.37. The maximum absolute atomic E-state index is 11.5. The van der Waals surface area contributed by atoms with E-state index in [-0.39, 0.29) is 29.5 Å². The molecule has 3 rings (SSSR count). The van der Waals surface area contributed by atoms with Gasteiger partial charge in [-0.2, -0.15) is 0 Å². The minimum absolute atomic E-state index is 0.123.